The van der Waals surface area contributed by atoms with Crippen molar-refractivity contribution in [2.24, 2.45) is 5.73 Å². The van der Waals surface area contributed by atoms with Crippen LogP contribution in [0.25, 0.3) is 5.69 Å². The van der Waals surface area contributed by atoms with E-state index in [-0.39, 0.29) is 11.9 Å². The van der Waals surface area contributed by atoms with Crippen LogP contribution < -0.4 is 5.73 Å². The molecule has 1 atom stereocenters. The van der Waals surface area contributed by atoms with Gasteiger partial charge in [0.15, 0.2) is 0 Å². The van der Waals surface area contributed by atoms with Crippen LogP contribution in [0.5, 0.6) is 0 Å². The molecule has 0 saturated carbocycles. The van der Waals surface area contributed by atoms with Crippen LogP contribution in [0.2, 0.25) is 0 Å². The summed E-state index contributed by atoms with van der Waals surface area (Å²) in [6.07, 6.45) is 3.25. The third-order valence-electron chi connectivity index (χ3n) is 3.26. The molecule has 3 nitrogen and oxygen atoms in total. The summed E-state index contributed by atoms with van der Waals surface area (Å²) in [6, 6.07) is 15.9. The number of aromatic nitrogens is 2. The number of imidazole rings is 1. The Bertz CT molecular complexity index is 707. The number of halogens is 1. The quantitative estimate of drug-likeness (QED) is 0.792. The SMILES string of the molecule is NC(c1ccccc1)c1cncn1-c1ccccc1F. The van der Waals surface area contributed by atoms with E-state index in [0.717, 1.165) is 11.3 Å². The number of nitrogens with zero attached hydrogens (tertiary/aromatic N) is 2. The average molecular weight is 267 g/mol. The summed E-state index contributed by atoms with van der Waals surface area (Å²) in [6.45, 7) is 0. The van der Waals surface area contributed by atoms with E-state index < -0.39 is 0 Å². The zero-order valence-corrected chi connectivity index (χ0v) is 10.8. The summed E-state index contributed by atoms with van der Waals surface area (Å²) in [4.78, 5) is 4.10. The highest BCUT2D eigenvalue weighted by atomic mass is 19.1. The number of hydrogen-bond donors (Lipinski definition) is 1. The molecule has 100 valence electrons. The molecular weight excluding hydrogens is 253 g/mol. The maximum absolute atomic E-state index is 13.9. The van der Waals surface area contributed by atoms with E-state index >= 15 is 0 Å². The van der Waals surface area contributed by atoms with Crippen LogP contribution in [0.1, 0.15) is 17.3 Å². The highest BCUT2D eigenvalue weighted by Gasteiger charge is 2.16. The van der Waals surface area contributed by atoms with Gasteiger partial charge in [-0.05, 0) is 17.7 Å². The molecule has 1 aromatic heterocycles. The summed E-state index contributed by atoms with van der Waals surface area (Å²) in [7, 11) is 0. The molecular formula is C16H14FN3. The number of rotatable bonds is 3. The molecule has 0 saturated heterocycles. The van der Waals surface area contributed by atoms with Crippen LogP contribution in [0.3, 0.4) is 0 Å². The number of benzene rings is 2. The first-order chi connectivity index (χ1) is 9.77. The maximum Gasteiger partial charge on any atom is 0.147 e. The fourth-order valence-corrected chi connectivity index (χ4v) is 2.21. The van der Waals surface area contributed by atoms with Crippen LogP contribution in [0.15, 0.2) is 67.1 Å². The van der Waals surface area contributed by atoms with Crippen LogP contribution in [0.4, 0.5) is 4.39 Å². The fourth-order valence-electron chi connectivity index (χ4n) is 2.21. The molecule has 3 aromatic rings. The Balaban J connectivity index is 2.05. The zero-order chi connectivity index (χ0) is 13.9. The monoisotopic (exact) mass is 267 g/mol. The van der Waals surface area contributed by atoms with Crippen LogP contribution >= 0.6 is 0 Å². The van der Waals surface area contributed by atoms with Crippen molar-refractivity contribution in [3.63, 3.8) is 0 Å². The van der Waals surface area contributed by atoms with E-state index in [1.807, 2.05) is 30.3 Å². The minimum atomic E-state index is -0.349. The molecule has 1 heterocycles. The van der Waals surface area contributed by atoms with Crippen molar-refractivity contribution in [2.75, 3.05) is 0 Å². The summed E-state index contributed by atoms with van der Waals surface area (Å²) in [5.74, 6) is -0.299. The topological polar surface area (TPSA) is 43.8 Å². The minimum absolute atomic E-state index is 0.299. The van der Waals surface area contributed by atoms with Crippen molar-refractivity contribution in [1.82, 2.24) is 9.55 Å². The van der Waals surface area contributed by atoms with E-state index in [4.69, 9.17) is 5.73 Å². The number of para-hydroxylation sites is 1. The molecule has 3 rings (SSSR count). The molecule has 2 N–H and O–H groups in total. The molecule has 1 unspecified atom stereocenters. The molecule has 4 heteroatoms. The number of nitrogens with two attached hydrogens (primary N) is 1. The standard InChI is InChI=1S/C16H14FN3/c17-13-8-4-5-9-14(13)20-11-19-10-15(20)16(18)12-6-2-1-3-7-12/h1-11,16H,18H2. The van der Waals surface area contributed by atoms with Gasteiger partial charge in [-0.3, -0.25) is 4.57 Å². The minimum Gasteiger partial charge on any atom is -0.319 e. The van der Waals surface area contributed by atoms with Crippen molar-refractivity contribution in [3.05, 3.63) is 84.2 Å². The van der Waals surface area contributed by atoms with Crippen molar-refractivity contribution >= 4 is 0 Å². The van der Waals surface area contributed by atoms with E-state index in [9.17, 15) is 4.39 Å². The van der Waals surface area contributed by atoms with Gasteiger partial charge in [-0.25, -0.2) is 9.37 Å². The van der Waals surface area contributed by atoms with Gasteiger partial charge in [0.2, 0.25) is 0 Å². The van der Waals surface area contributed by atoms with Gasteiger partial charge in [0.05, 0.1) is 29.9 Å². The van der Waals surface area contributed by atoms with Gasteiger partial charge >= 0.3 is 0 Å². The van der Waals surface area contributed by atoms with Gasteiger partial charge in [0.25, 0.3) is 0 Å². The zero-order valence-electron chi connectivity index (χ0n) is 10.8. The second kappa shape index (κ2) is 5.27. The van der Waals surface area contributed by atoms with Gasteiger partial charge in [0.1, 0.15) is 5.82 Å². The second-order valence-corrected chi connectivity index (χ2v) is 4.53. The Morgan fingerprint density at radius 2 is 1.70 bits per heavy atom. The Hall–Kier alpha value is -2.46. The average Bonchev–Trinajstić information content (AvgIpc) is 2.97. The molecule has 20 heavy (non-hydrogen) atoms. The smallest absolute Gasteiger partial charge is 0.147 e. The van der Waals surface area contributed by atoms with E-state index in [1.54, 1.807) is 35.3 Å². The third kappa shape index (κ3) is 2.21. The van der Waals surface area contributed by atoms with E-state index in [0.29, 0.717) is 5.69 Å². The van der Waals surface area contributed by atoms with E-state index in [1.165, 1.54) is 6.07 Å². The van der Waals surface area contributed by atoms with Crippen LogP contribution in [-0.4, -0.2) is 9.55 Å². The number of hydrogen-bond acceptors (Lipinski definition) is 2. The first kappa shape index (κ1) is 12.6. The molecule has 0 aliphatic carbocycles. The van der Waals surface area contributed by atoms with E-state index in [2.05, 4.69) is 4.98 Å². The third-order valence-corrected chi connectivity index (χ3v) is 3.26. The molecule has 0 spiro atoms. The van der Waals surface area contributed by atoms with Gasteiger partial charge in [-0.1, -0.05) is 42.5 Å². The van der Waals surface area contributed by atoms with Gasteiger partial charge < -0.3 is 5.73 Å². The van der Waals surface area contributed by atoms with Crippen molar-refractivity contribution in [1.29, 1.82) is 0 Å². The Morgan fingerprint density at radius 1 is 1.00 bits per heavy atom. The molecule has 0 radical (unpaired) electrons. The van der Waals surface area contributed by atoms with Gasteiger partial charge in [-0.15, -0.1) is 0 Å². The molecule has 2 aromatic carbocycles. The fraction of sp³-hybridized carbons (Fsp3) is 0.0625. The lowest BCUT2D eigenvalue weighted by atomic mass is 10.1. The largest absolute Gasteiger partial charge is 0.319 e. The normalized spacial score (nSPS) is 12.3. The van der Waals surface area contributed by atoms with Gasteiger partial charge in [-0.2, -0.15) is 0 Å². The van der Waals surface area contributed by atoms with Crippen LogP contribution in [-0.2, 0) is 0 Å². The molecule has 0 bridgehead atoms. The predicted octanol–water partition coefficient (Wildman–Crippen LogP) is 3.06. The lowest BCUT2D eigenvalue weighted by Gasteiger charge is -2.15. The summed E-state index contributed by atoms with van der Waals surface area (Å²) in [5.41, 5.74) is 8.43. The lowest BCUT2D eigenvalue weighted by molar-refractivity contribution is 0.613. The van der Waals surface area contributed by atoms with Crippen molar-refractivity contribution in [3.8, 4) is 5.69 Å². The highest BCUT2D eigenvalue weighted by Crippen LogP contribution is 2.23. The predicted molar refractivity (Wildman–Crippen MR) is 76.0 cm³/mol. The molecule has 0 aliphatic heterocycles. The van der Waals surface area contributed by atoms with Crippen molar-refractivity contribution < 1.29 is 4.39 Å². The second-order valence-electron chi connectivity index (χ2n) is 4.53. The first-order valence-electron chi connectivity index (χ1n) is 6.35. The Labute approximate surface area is 116 Å². The molecule has 0 aliphatic rings. The van der Waals surface area contributed by atoms with Gasteiger partial charge in [0, 0.05) is 0 Å². The summed E-state index contributed by atoms with van der Waals surface area (Å²) >= 11 is 0. The Kier molecular flexibility index (Phi) is 3.31. The maximum atomic E-state index is 13.9. The van der Waals surface area contributed by atoms with Crippen molar-refractivity contribution in [2.45, 2.75) is 6.04 Å². The summed E-state index contributed by atoms with van der Waals surface area (Å²) < 4.78 is 15.6. The lowest BCUT2D eigenvalue weighted by Crippen LogP contribution is -2.16. The highest BCUT2D eigenvalue weighted by molar-refractivity contribution is 5.38. The molecule has 0 amide bonds. The van der Waals surface area contributed by atoms with Crippen LogP contribution in [0, 0.1) is 5.82 Å². The summed E-state index contributed by atoms with van der Waals surface area (Å²) in [5, 5.41) is 0. The first-order valence-corrected chi connectivity index (χ1v) is 6.35. The Morgan fingerprint density at radius 3 is 2.45 bits per heavy atom. The molecule has 0 fully saturated rings.